The molecule has 2 atom stereocenters. The Hall–Kier alpha value is -1.35. The predicted octanol–water partition coefficient (Wildman–Crippen LogP) is 3.95. The van der Waals surface area contributed by atoms with Crippen LogP contribution < -0.4 is 5.32 Å². The minimum atomic E-state index is -0.129. The van der Waals surface area contributed by atoms with Gasteiger partial charge in [0, 0.05) is 30.7 Å². The number of nitrogens with one attached hydrogen (secondary N) is 1. The summed E-state index contributed by atoms with van der Waals surface area (Å²) in [5, 5.41) is 4.38. The summed E-state index contributed by atoms with van der Waals surface area (Å²) in [6, 6.07) is 7.82. The van der Waals surface area contributed by atoms with Crippen molar-refractivity contribution in [3.05, 3.63) is 36.3 Å². The van der Waals surface area contributed by atoms with Crippen molar-refractivity contribution in [1.82, 2.24) is 9.88 Å². The normalized spacial score (nSPS) is 23.3. The molecule has 2 nitrogen and oxygen atoms in total. The quantitative estimate of drug-likeness (QED) is 0.893. The number of halogens is 1. The van der Waals surface area contributed by atoms with E-state index in [2.05, 4.69) is 16.8 Å². The van der Waals surface area contributed by atoms with E-state index in [0.29, 0.717) is 6.04 Å². The second-order valence-corrected chi connectivity index (χ2v) is 6.10. The number of nitrogens with zero attached hydrogens (tertiary/aromatic N) is 1. The zero-order chi connectivity index (χ0) is 13.9. The fraction of sp³-hybridized carbons (Fsp3) is 0.529. The summed E-state index contributed by atoms with van der Waals surface area (Å²) < 4.78 is 15.8. The van der Waals surface area contributed by atoms with Crippen molar-refractivity contribution < 1.29 is 4.39 Å². The van der Waals surface area contributed by atoms with Crippen molar-refractivity contribution >= 4 is 10.9 Å². The Balaban J connectivity index is 1.59. The molecule has 3 heteroatoms. The summed E-state index contributed by atoms with van der Waals surface area (Å²) in [5.41, 5.74) is 0.990. The van der Waals surface area contributed by atoms with Gasteiger partial charge in [0.1, 0.15) is 5.82 Å². The molecular formula is C17H23FN2. The number of aromatic nitrogens is 1. The van der Waals surface area contributed by atoms with Gasteiger partial charge in [0.25, 0.3) is 0 Å². The molecule has 1 aliphatic rings. The van der Waals surface area contributed by atoms with Crippen LogP contribution in [0.25, 0.3) is 10.9 Å². The number of hydrogen-bond acceptors (Lipinski definition) is 1. The SMILES string of the molecule is CC1CCCC(NCCn2ccc3c(F)cccc32)C1. The van der Waals surface area contributed by atoms with E-state index in [9.17, 15) is 4.39 Å². The second-order valence-electron chi connectivity index (χ2n) is 6.10. The molecule has 0 amide bonds. The molecule has 1 N–H and O–H groups in total. The highest BCUT2D eigenvalue weighted by Crippen LogP contribution is 2.23. The third-order valence-corrected chi connectivity index (χ3v) is 4.48. The van der Waals surface area contributed by atoms with Crippen LogP contribution in [0.15, 0.2) is 30.5 Å². The highest BCUT2D eigenvalue weighted by molar-refractivity contribution is 5.80. The average molecular weight is 274 g/mol. The summed E-state index contributed by atoms with van der Waals surface area (Å²) in [5.74, 6) is 0.720. The van der Waals surface area contributed by atoms with Gasteiger partial charge in [-0.2, -0.15) is 0 Å². The first kappa shape index (κ1) is 13.6. The van der Waals surface area contributed by atoms with Gasteiger partial charge < -0.3 is 9.88 Å². The van der Waals surface area contributed by atoms with Gasteiger partial charge in [-0.15, -0.1) is 0 Å². The number of fused-ring (bicyclic) bond motifs is 1. The van der Waals surface area contributed by atoms with Crippen LogP contribution in [-0.2, 0) is 6.54 Å². The standard InChI is InChI=1S/C17H23FN2/c1-13-4-2-5-14(12-13)19-9-11-20-10-8-15-16(18)6-3-7-17(15)20/h3,6-8,10,13-14,19H,2,4-5,9,11-12H2,1H3. The molecule has 0 radical (unpaired) electrons. The Kier molecular flexibility index (Phi) is 4.06. The molecule has 0 spiro atoms. The Morgan fingerprint density at radius 3 is 3.05 bits per heavy atom. The van der Waals surface area contributed by atoms with E-state index >= 15 is 0 Å². The van der Waals surface area contributed by atoms with E-state index < -0.39 is 0 Å². The third-order valence-electron chi connectivity index (χ3n) is 4.48. The van der Waals surface area contributed by atoms with Gasteiger partial charge in [-0.1, -0.05) is 25.8 Å². The van der Waals surface area contributed by atoms with Crippen LogP contribution in [-0.4, -0.2) is 17.2 Å². The van der Waals surface area contributed by atoms with Gasteiger partial charge in [-0.05, 0) is 37.0 Å². The Morgan fingerprint density at radius 1 is 1.30 bits per heavy atom. The molecule has 3 rings (SSSR count). The maximum Gasteiger partial charge on any atom is 0.132 e. The van der Waals surface area contributed by atoms with Gasteiger partial charge >= 0.3 is 0 Å². The Bertz CT molecular complexity index is 575. The summed E-state index contributed by atoms with van der Waals surface area (Å²) in [6.45, 7) is 4.20. The molecule has 1 aromatic heterocycles. The van der Waals surface area contributed by atoms with Gasteiger partial charge in [-0.3, -0.25) is 0 Å². The molecule has 2 unspecified atom stereocenters. The first-order valence-electron chi connectivity index (χ1n) is 7.71. The van der Waals surface area contributed by atoms with E-state index in [0.717, 1.165) is 29.9 Å². The van der Waals surface area contributed by atoms with Crippen LogP contribution in [0, 0.1) is 11.7 Å². The van der Waals surface area contributed by atoms with Crippen LogP contribution >= 0.6 is 0 Å². The van der Waals surface area contributed by atoms with Gasteiger partial charge in [0.05, 0.1) is 5.52 Å². The summed E-state index contributed by atoms with van der Waals surface area (Å²) >= 11 is 0. The van der Waals surface area contributed by atoms with Crippen LogP contribution in [0.2, 0.25) is 0 Å². The molecule has 1 aromatic carbocycles. The zero-order valence-corrected chi connectivity index (χ0v) is 12.1. The van der Waals surface area contributed by atoms with Gasteiger partial charge in [-0.25, -0.2) is 4.39 Å². The van der Waals surface area contributed by atoms with Gasteiger partial charge in [0.15, 0.2) is 0 Å². The second kappa shape index (κ2) is 5.96. The molecule has 108 valence electrons. The molecule has 1 heterocycles. The minimum absolute atomic E-state index is 0.129. The summed E-state index contributed by atoms with van der Waals surface area (Å²) in [7, 11) is 0. The van der Waals surface area contributed by atoms with Crippen molar-refractivity contribution in [2.75, 3.05) is 6.54 Å². The smallest absolute Gasteiger partial charge is 0.132 e. The van der Waals surface area contributed by atoms with Crippen LogP contribution in [0.3, 0.4) is 0 Å². The number of hydrogen-bond donors (Lipinski definition) is 1. The molecular weight excluding hydrogens is 251 g/mol. The van der Waals surface area contributed by atoms with Crippen molar-refractivity contribution in [3.63, 3.8) is 0 Å². The average Bonchev–Trinajstić information content (AvgIpc) is 2.84. The molecule has 1 fully saturated rings. The van der Waals surface area contributed by atoms with Crippen molar-refractivity contribution in [3.8, 4) is 0 Å². The molecule has 20 heavy (non-hydrogen) atoms. The number of benzene rings is 1. The van der Waals surface area contributed by atoms with Crippen molar-refractivity contribution in [1.29, 1.82) is 0 Å². The molecule has 1 aliphatic carbocycles. The van der Waals surface area contributed by atoms with E-state index in [1.807, 2.05) is 18.3 Å². The molecule has 0 saturated heterocycles. The van der Waals surface area contributed by atoms with E-state index in [1.54, 1.807) is 6.07 Å². The lowest BCUT2D eigenvalue weighted by molar-refractivity contribution is 0.299. The lowest BCUT2D eigenvalue weighted by Gasteiger charge is -2.27. The van der Waals surface area contributed by atoms with E-state index in [4.69, 9.17) is 0 Å². The maximum atomic E-state index is 13.6. The lowest BCUT2D eigenvalue weighted by atomic mass is 9.87. The van der Waals surface area contributed by atoms with Gasteiger partial charge in [0.2, 0.25) is 0 Å². The van der Waals surface area contributed by atoms with Crippen molar-refractivity contribution in [2.45, 2.75) is 45.2 Å². The van der Waals surface area contributed by atoms with Crippen LogP contribution in [0.5, 0.6) is 0 Å². The molecule has 0 aliphatic heterocycles. The lowest BCUT2D eigenvalue weighted by Crippen LogP contribution is -2.35. The monoisotopic (exact) mass is 274 g/mol. The largest absolute Gasteiger partial charge is 0.346 e. The highest BCUT2D eigenvalue weighted by atomic mass is 19.1. The number of rotatable bonds is 4. The van der Waals surface area contributed by atoms with E-state index in [1.165, 1.54) is 31.7 Å². The van der Waals surface area contributed by atoms with Crippen molar-refractivity contribution in [2.24, 2.45) is 5.92 Å². The fourth-order valence-electron chi connectivity index (χ4n) is 3.39. The Morgan fingerprint density at radius 2 is 2.20 bits per heavy atom. The first-order chi connectivity index (χ1) is 9.74. The molecule has 1 saturated carbocycles. The maximum absolute atomic E-state index is 13.6. The topological polar surface area (TPSA) is 17.0 Å². The summed E-state index contributed by atoms with van der Waals surface area (Å²) in [4.78, 5) is 0. The summed E-state index contributed by atoms with van der Waals surface area (Å²) in [6.07, 6.45) is 7.29. The molecule has 0 bridgehead atoms. The minimum Gasteiger partial charge on any atom is -0.346 e. The Labute approximate surface area is 120 Å². The van der Waals surface area contributed by atoms with Crippen LogP contribution in [0.4, 0.5) is 4.39 Å². The van der Waals surface area contributed by atoms with E-state index in [-0.39, 0.29) is 5.82 Å². The zero-order valence-electron chi connectivity index (χ0n) is 12.1. The fourth-order valence-corrected chi connectivity index (χ4v) is 3.39. The van der Waals surface area contributed by atoms with Crippen LogP contribution in [0.1, 0.15) is 32.6 Å². The molecule has 2 aromatic rings. The first-order valence-corrected chi connectivity index (χ1v) is 7.71. The predicted molar refractivity (Wildman–Crippen MR) is 81.3 cm³/mol. The highest BCUT2D eigenvalue weighted by Gasteiger charge is 2.17. The third kappa shape index (κ3) is 2.88.